The highest BCUT2D eigenvalue weighted by Gasteiger charge is 2.33. The largest absolute Gasteiger partial charge is 0.516 e. The maximum absolute atomic E-state index is 12.2. The van der Waals surface area contributed by atoms with Crippen LogP contribution in [0, 0.1) is 0 Å². The average Bonchev–Trinajstić information content (AvgIpc) is 2.53. The van der Waals surface area contributed by atoms with E-state index in [1.165, 1.54) is 0 Å². The van der Waals surface area contributed by atoms with Crippen molar-refractivity contribution in [2.75, 3.05) is 0 Å². The second-order valence-corrected chi connectivity index (χ2v) is 9.95. The van der Waals surface area contributed by atoms with E-state index in [4.69, 9.17) is 4.43 Å². The lowest BCUT2D eigenvalue weighted by Crippen LogP contribution is -2.38. The van der Waals surface area contributed by atoms with Gasteiger partial charge in [0.25, 0.3) is 8.32 Å². The molecule has 0 spiro atoms. The van der Waals surface area contributed by atoms with Gasteiger partial charge in [-0.05, 0) is 30.1 Å². The summed E-state index contributed by atoms with van der Waals surface area (Å²) in [6, 6.07) is 12.9. The minimum Gasteiger partial charge on any atom is -0.516 e. The molecule has 0 aliphatic rings. The number of hydrogen-bond acceptors (Lipinski definition) is 2. The molecule has 0 unspecified atom stereocenters. The van der Waals surface area contributed by atoms with Crippen LogP contribution in [0.4, 0.5) is 0 Å². The van der Waals surface area contributed by atoms with Gasteiger partial charge in [-0.3, -0.25) is 0 Å². The molecule has 2 nitrogen and oxygen atoms in total. The SMILES string of the molecule is C=C(C/C=C/c1ccccc1)C(=O)O[Si](CC)(CC)CC. The first-order chi connectivity index (χ1) is 10.1. The van der Waals surface area contributed by atoms with Gasteiger partial charge in [-0.25, -0.2) is 4.79 Å². The molecule has 0 saturated heterocycles. The molecule has 114 valence electrons. The highest BCUT2D eigenvalue weighted by molar-refractivity contribution is 6.75. The Bertz CT molecular complexity index is 479. The topological polar surface area (TPSA) is 26.3 Å². The predicted octanol–water partition coefficient (Wildman–Crippen LogP) is 5.19. The van der Waals surface area contributed by atoms with Crippen LogP contribution in [-0.2, 0) is 9.22 Å². The number of benzene rings is 1. The summed E-state index contributed by atoms with van der Waals surface area (Å²) >= 11 is 0. The van der Waals surface area contributed by atoms with E-state index in [1.54, 1.807) is 0 Å². The quantitative estimate of drug-likeness (QED) is 0.487. The zero-order valence-electron chi connectivity index (χ0n) is 13.4. The first-order valence-corrected chi connectivity index (χ1v) is 10.2. The number of hydrogen-bond donors (Lipinski definition) is 0. The van der Waals surface area contributed by atoms with E-state index < -0.39 is 8.32 Å². The van der Waals surface area contributed by atoms with E-state index in [0.717, 1.165) is 23.7 Å². The number of allylic oxidation sites excluding steroid dienone is 1. The third-order valence-electron chi connectivity index (χ3n) is 4.01. The molecule has 0 aliphatic carbocycles. The van der Waals surface area contributed by atoms with Gasteiger partial charge in [0.2, 0.25) is 0 Å². The Morgan fingerprint density at radius 2 is 1.71 bits per heavy atom. The molecule has 0 heterocycles. The summed E-state index contributed by atoms with van der Waals surface area (Å²) in [6.07, 6.45) is 4.50. The lowest BCUT2D eigenvalue weighted by molar-refractivity contribution is -0.131. The van der Waals surface area contributed by atoms with Gasteiger partial charge in [-0.2, -0.15) is 0 Å². The lowest BCUT2D eigenvalue weighted by Gasteiger charge is -2.27. The summed E-state index contributed by atoms with van der Waals surface area (Å²) in [5.74, 6) is -0.218. The first-order valence-electron chi connectivity index (χ1n) is 7.69. The predicted molar refractivity (Wildman–Crippen MR) is 92.5 cm³/mol. The molecule has 0 amide bonds. The van der Waals surface area contributed by atoms with Crippen LogP contribution in [0.2, 0.25) is 18.1 Å². The molecule has 0 saturated carbocycles. The Balaban J connectivity index is 2.55. The number of carbonyl (C=O) groups excluding carboxylic acids is 1. The molecular formula is C18H26O2Si. The Morgan fingerprint density at radius 3 is 2.24 bits per heavy atom. The second kappa shape index (κ2) is 8.62. The van der Waals surface area contributed by atoms with Crippen LogP contribution in [0.25, 0.3) is 6.08 Å². The van der Waals surface area contributed by atoms with Crippen LogP contribution in [0.1, 0.15) is 32.8 Å². The van der Waals surface area contributed by atoms with Gasteiger partial charge in [0, 0.05) is 5.57 Å². The second-order valence-electron chi connectivity index (χ2n) is 5.25. The van der Waals surface area contributed by atoms with Crippen molar-refractivity contribution >= 4 is 20.4 Å². The summed E-state index contributed by atoms with van der Waals surface area (Å²) in [5.41, 5.74) is 1.66. The van der Waals surface area contributed by atoms with Crippen molar-refractivity contribution in [3.8, 4) is 0 Å². The summed E-state index contributed by atoms with van der Waals surface area (Å²) in [6.45, 7) is 10.2. The van der Waals surface area contributed by atoms with Crippen LogP contribution in [0.3, 0.4) is 0 Å². The van der Waals surface area contributed by atoms with Crippen molar-refractivity contribution in [2.24, 2.45) is 0 Å². The molecule has 1 rings (SSSR count). The Morgan fingerprint density at radius 1 is 1.14 bits per heavy atom. The molecule has 3 heteroatoms. The van der Waals surface area contributed by atoms with Gasteiger partial charge in [0.1, 0.15) is 0 Å². The van der Waals surface area contributed by atoms with E-state index in [1.807, 2.05) is 42.5 Å². The van der Waals surface area contributed by atoms with Gasteiger partial charge in [0.05, 0.1) is 0 Å². The molecule has 0 atom stereocenters. The van der Waals surface area contributed by atoms with Gasteiger partial charge in [-0.15, -0.1) is 0 Å². The molecular weight excluding hydrogens is 276 g/mol. The zero-order chi connectivity index (χ0) is 15.7. The van der Waals surface area contributed by atoms with Gasteiger partial charge < -0.3 is 4.43 Å². The molecule has 0 N–H and O–H groups in total. The smallest absolute Gasteiger partial charge is 0.320 e. The molecule has 0 aromatic heterocycles. The summed E-state index contributed by atoms with van der Waals surface area (Å²) in [7, 11) is -1.88. The highest BCUT2D eigenvalue weighted by Crippen LogP contribution is 2.23. The summed E-state index contributed by atoms with van der Waals surface area (Å²) in [5, 5.41) is 0. The van der Waals surface area contributed by atoms with E-state index in [9.17, 15) is 4.79 Å². The monoisotopic (exact) mass is 302 g/mol. The fourth-order valence-corrected chi connectivity index (χ4v) is 4.69. The highest BCUT2D eigenvalue weighted by atomic mass is 28.4. The van der Waals surface area contributed by atoms with Gasteiger partial charge >= 0.3 is 5.97 Å². The summed E-state index contributed by atoms with van der Waals surface area (Å²) in [4.78, 5) is 12.2. The van der Waals surface area contributed by atoms with Crippen molar-refractivity contribution in [2.45, 2.75) is 45.3 Å². The van der Waals surface area contributed by atoms with E-state index in [-0.39, 0.29) is 5.97 Å². The van der Waals surface area contributed by atoms with Gasteiger partial charge in [-0.1, -0.05) is 69.8 Å². The van der Waals surface area contributed by atoms with Crippen molar-refractivity contribution in [3.05, 3.63) is 54.1 Å². The molecule has 0 radical (unpaired) electrons. The van der Waals surface area contributed by atoms with Gasteiger partial charge in [0.15, 0.2) is 0 Å². The minimum absolute atomic E-state index is 0.218. The molecule has 0 aliphatic heterocycles. The normalized spacial score (nSPS) is 11.6. The van der Waals surface area contributed by atoms with Crippen LogP contribution in [-0.4, -0.2) is 14.3 Å². The standard InChI is InChI=1S/C18H26O2Si/c1-5-21(6-2,7-3)20-18(19)16(4)12-11-15-17-13-9-8-10-14-17/h8-11,13-15H,4-7,12H2,1-3H3/b15-11+. The fourth-order valence-electron chi connectivity index (χ4n) is 2.22. The molecule has 1 aromatic rings. The Hall–Kier alpha value is -1.61. The third kappa shape index (κ3) is 5.35. The molecule has 21 heavy (non-hydrogen) atoms. The minimum atomic E-state index is -1.88. The lowest BCUT2D eigenvalue weighted by atomic mass is 10.1. The maximum atomic E-state index is 12.2. The van der Waals surface area contributed by atoms with E-state index in [2.05, 4.69) is 27.4 Å². The van der Waals surface area contributed by atoms with Crippen molar-refractivity contribution < 1.29 is 9.22 Å². The maximum Gasteiger partial charge on any atom is 0.320 e. The third-order valence-corrected chi connectivity index (χ3v) is 8.49. The van der Waals surface area contributed by atoms with Crippen LogP contribution in [0.15, 0.2) is 48.6 Å². The average molecular weight is 302 g/mol. The number of carbonyl (C=O) groups is 1. The fraction of sp³-hybridized carbons (Fsp3) is 0.389. The molecule has 1 aromatic carbocycles. The van der Waals surface area contributed by atoms with Crippen LogP contribution >= 0.6 is 0 Å². The van der Waals surface area contributed by atoms with E-state index in [0.29, 0.717) is 12.0 Å². The Kier molecular flexibility index (Phi) is 7.16. The molecule has 0 bridgehead atoms. The van der Waals surface area contributed by atoms with E-state index >= 15 is 0 Å². The first kappa shape index (κ1) is 17.4. The van der Waals surface area contributed by atoms with Crippen molar-refractivity contribution in [1.82, 2.24) is 0 Å². The molecule has 0 fully saturated rings. The van der Waals surface area contributed by atoms with Crippen LogP contribution in [0.5, 0.6) is 0 Å². The van der Waals surface area contributed by atoms with Crippen molar-refractivity contribution in [3.63, 3.8) is 0 Å². The zero-order valence-corrected chi connectivity index (χ0v) is 14.4. The number of rotatable bonds is 8. The van der Waals surface area contributed by atoms with Crippen LogP contribution < -0.4 is 0 Å². The Labute approximate surface area is 129 Å². The van der Waals surface area contributed by atoms with Crippen molar-refractivity contribution in [1.29, 1.82) is 0 Å². The summed E-state index contributed by atoms with van der Waals surface area (Å²) < 4.78 is 5.82.